The molecule has 3 fully saturated rings. The molecule has 23 heavy (non-hydrogen) atoms. The van der Waals surface area contributed by atoms with Crippen molar-refractivity contribution in [3.8, 4) is 0 Å². The van der Waals surface area contributed by atoms with Crippen molar-refractivity contribution in [2.45, 2.75) is 38.1 Å². The maximum absolute atomic E-state index is 13.8. The zero-order chi connectivity index (χ0) is 15.6. The first-order valence-corrected chi connectivity index (χ1v) is 8.87. The Labute approximate surface area is 136 Å². The lowest BCUT2D eigenvalue weighted by atomic mass is 9.79. The van der Waals surface area contributed by atoms with Gasteiger partial charge in [0.2, 0.25) is 0 Å². The summed E-state index contributed by atoms with van der Waals surface area (Å²) in [5, 5.41) is 13.8. The number of benzene rings is 1. The molecular formula is C19H22N2O2. The molecule has 4 heteroatoms. The standard InChI is InChI=1S/C19H22N2O2/c22-19-16-6-2-4-14-3-1-5-15(18(14)16)12-21(19,23)17-11-20-9-7-13(17)8-10-20/h2,4,6,12-13,17H,1,3,5,7-11H2/t17?,21-/m0/s1. The summed E-state index contributed by atoms with van der Waals surface area (Å²) in [6.07, 6.45) is 6.94. The van der Waals surface area contributed by atoms with E-state index in [1.807, 2.05) is 12.1 Å². The van der Waals surface area contributed by atoms with Crippen LogP contribution in [0.25, 0.3) is 5.57 Å². The minimum atomic E-state index is -0.743. The van der Waals surface area contributed by atoms with Gasteiger partial charge in [0, 0.05) is 17.1 Å². The van der Waals surface area contributed by atoms with Crippen LogP contribution in [0.4, 0.5) is 0 Å². The molecule has 1 aromatic rings. The lowest BCUT2D eigenvalue weighted by Gasteiger charge is -2.54. The van der Waals surface area contributed by atoms with E-state index in [1.54, 1.807) is 6.20 Å². The number of fused-ring (bicyclic) bond motifs is 3. The van der Waals surface area contributed by atoms with E-state index in [9.17, 15) is 10.0 Å². The number of piperidine rings is 3. The van der Waals surface area contributed by atoms with E-state index in [0.717, 1.165) is 62.9 Å². The van der Waals surface area contributed by atoms with Gasteiger partial charge >= 0.3 is 5.91 Å². The summed E-state index contributed by atoms with van der Waals surface area (Å²) < 4.78 is -0.743. The van der Waals surface area contributed by atoms with Crippen LogP contribution in [0.5, 0.6) is 0 Å². The van der Waals surface area contributed by atoms with Crippen molar-refractivity contribution < 1.29 is 9.44 Å². The second-order valence-corrected chi connectivity index (χ2v) is 7.57. The molecule has 0 aromatic heterocycles. The molecule has 0 N–H and O–H groups in total. The van der Waals surface area contributed by atoms with Gasteiger partial charge < -0.3 is 5.21 Å². The molecule has 1 aliphatic carbocycles. The SMILES string of the molecule is O=C1c2cccc3c2C(=C[N@+]1([O-])C1CN2CCC1CC2)CCC3. The molecule has 4 nitrogen and oxygen atoms in total. The van der Waals surface area contributed by atoms with Crippen molar-refractivity contribution in [1.29, 1.82) is 0 Å². The van der Waals surface area contributed by atoms with Crippen molar-refractivity contribution >= 4 is 11.5 Å². The number of nitrogens with zero attached hydrogens (tertiary/aromatic N) is 2. The first-order valence-electron chi connectivity index (χ1n) is 8.87. The molecule has 120 valence electrons. The van der Waals surface area contributed by atoms with Crippen LogP contribution in [0.15, 0.2) is 24.4 Å². The second-order valence-electron chi connectivity index (χ2n) is 7.57. The van der Waals surface area contributed by atoms with Gasteiger partial charge in [-0.3, -0.25) is 9.55 Å². The summed E-state index contributed by atoms with van der Waals surface area (Å²) in [6.45, 7) is 2.96. The fraction of sp³-hybridized carbons (Fsp3) is 0.526. The van der Waals surface area contributed by atoms with Crippen LogP contribution in [-0.4, -0.2) is 41.1 Å². The number of quaternary nitrogens is 1. The summed E-state index contributed by atoms with van der Waals surface area (Å²) in [7, 11) is 0. The monoisotopic (exact) mass is 310 g/mol. The molecule has 5 aliphatic rings. The van der Waals surface area contributed by atoms with E-state index in [-0.39, 0.29) is 11.9 Å². The molecule has 1 amide bonds. The highest BCUT2D eigenvalue weighted by molar-refractivity contribution is 5.99. The lowest BCUT2D eigenvalue weighted by molar-refractivity contribution is -0.780. The van der Waals surface area contributed by atoms with Gasteiger partial charge in [-0.25, -0.2) is 4.79 Å². The normalized spacial score (nSPS) is 38.2. The van der Waals surface area contributed by atoms with E-state index in [0.29, 0.717) is 11.5 Å². The smallest absolute Gasteiger partial charge is 0.351 e. The van der Waals surface area contributed by atoms with Gasteiger partial charge in [0.15, 0.2) is 0 Å². The molecule has 4 aliphatic heterocycles. The molecule has 2 atom stereocenters. The van der Waals surface area contributed by atoms with E-state index in [2.05, 4.69) is 11.0 Å². The molecule has 0 spiro atoms. The van der Waals surface area contributed by atoms with Crippen LogP contribution in [0.3, 0.4) is 0 Å². The summed E-state index contributed by atoms with van der Waals surface area (Å²) in [5.74, 6) is 0.165. The number of amides is 1. The third-order valence-corrected chi connectivity index (χ3v) is 6.37. The second kappa shape index (κ2) is 4.76. The van der Waals surface area contributed by atoms with Gasteiger partial charge in [-0.15, -0.1) is 0 Å². The number of hydrogen-bond donors (Lipinski definition) is 0. The molecule has 6 rings (SSSR count). The topological polar surface area (TPSA) is 43.4 Å². The Kier molecular flexibility index (Phi) is 2.88. The van der Waals surface area contributed by atoms with Crippen molar-refractivity contribution in [2.75, 3.05) is 19.6 Å². The third-order valence-electron chi connectivity index (χ3n) is 6.37. The lowest BCUT2D eigenvalue weighted by Crippen LogP contribution is -2.64. The van der Waals surface area contributed by atoms with Crippen LogP contribution in [0, 0.1) is 11.1 Å². The summed E-state index contributed by atoms with van der Waals surface area (Å²) in [4.78, 5) is 15.5. The number of carbonyl (C=O) groups excluding carboxylic acids is 1. The molecule has 1 aromatic carbocycles. The van der Waals surface area contributed by atoms with Crippen LogP contribution >= 0.6 is 0 Å². The summed E-state index contributed by atoms with van der Waals surface area (Å²) >= 11 is 0. The highest BCUT2D eigenvalue weighted by Crippen LogP contribution is 2.44. The molecule has 4 heterocycles. The highest BCUT2D eigenvalue weighted by atomic mass is 16.6. The maximum atomic E-state index is 13.8. The van der Waals surface area contributed by atoms with Crippen LogP contribution < -0.4 is 0 Å². The van der Waals surface area contributed by atoms with Gasteiger partial charge in [0.1, 0.15) is 12.2 Å². The fourth-order valence-electron chi connectivity index (χ4n) is 5.18. The van der Waals surface area contributed by atoms with E-state index in [4.69, 9.17) is 0 Å². The van der Waals surface area contributed by atoms with Gasteiger partial charge in [-0.2, -0.15) is 0 Å². The van der Waals surface area contributed by atoms with Crippen LogP contribution in [-0.2, 0) is 6.42 Å². The van der Waals surface area contributed by atoms with Crippen molar-refractivity contribution in [3.63, 3.8) is 0 Å². The third kappa shape index (κ3) is 1.86. The van der Waals surface area contributed by atoms with E-state index < -0.39 is 4.65 Å². The van der Waals surface area contributed by atoms with Gasteiger partial charge in [0.25, 0.3) is 0 Å². The zero-order valence-electron chi connectivity index (χ0n) is 13.3. The predicted molar refractivity (Wildman–Crippen MR) is 88.3 cm³/mol. The average Bonchev–Trinajstić information content (AvgIpc) is 2.61. The predicted octanol–water partition coefficient (Wildman–Crippen LogP) is 2.93. The first kappa shape index (κ1) is 13.9. The van der Waals surface area contributed by atoms with Crippen molar-refractivity contribution in [2.24, 2.45) is 5.92 Å². The summed E-state index contributed by atoms with van der Waals surface area (Å²) in [5.41, 5.74) is 4.11. The Hall–Kier alpha value is -1.49. The van der Waals surface area contributed by atoms with Crippen LogP contribution in [0.1, 0.15) is 47.2 Å². The van der Waals surface area contributed by atoms with Crippen molar-refractivity contribution in [3.05, 3.63) is 46.3 Å². The van der Waals surface area contributed by atoms with E-state index in [1.165, 1.54) is 5.56 Å². The molecule has 0 saturated carbocycles. The quantitative estimate of drug-likeness (QED) is 0.592. The van der Waals surface area contributed by atoms with Crippen LogP contribution in [0.2, 0.25) is 0 Å². The number of hydrogen-bond acceptors (Lipinski definition) is 3. The minimum absolute atomic E-state index is 0.115. The highest BCUT2D eigenvalue weighted by Gasteiger charge is 2.49. The molecular weight excluding hydrogens is 288 g/mol. The Balaban J connectivity index is 1.64. The number of hydroxylamine groups is 3. The maximum Gasteiger partial charge on any atom is 0.351 e. The molecule has 2 bridgehead atoms. The van der Waals surface area contributed by atoms with E-state index >= 15 is 0 Å². The van der Waals surface area contributed by atoms with Crippen molar-refractivity contribution in [1.82, 2.24) is 4.90 Å². The minimum Gasteiger partial charge on any atom is -0.620 e. The Morgan fingerprint density at radius 2 is 2.00 bits per heavy atom. The number of aryl methyl sites for hydroxylation is 1. The Morgan fingerprint density at radius 3 is 2.74 bits per heavy atom. The number of carbonyl (C=O) groups is 1. The number of rotatable bonds is 1. The largest absolute Gasteiger partial charge is 0.620 e. The fourth-order valence-corrected chi connectivity index (χ4v) is 5.18. The molecule has 1 unspecified atom stereocenters. The van der Waals surface area contributed by atoms with Gasteiger partial charge in [-0.1, -0.05) is 12.1 Å². The van der Waals surface area contributed by atoms with Gasteiger partial charge in [0.05, 0.1) is 12.1 Å². The first-order chi connectivity index (χ1) is 11.2. The average molecular weight is 310 g/mol. The molecule has 3 saturated heterocycles. The Bertz CT molecular complexity index is 718. The summed E-state index contributed by atoms with van der Waals surface area (Å²) in [6, 6.07) is 5.81. The number of allylic oxidation sites excluding steroid dienone is 1. The zero-order valence-corrected chi connectivity index (χ0v) is 13.3. The van der Waals surface area contributed by atoms with Gasteiger partial charge in [-0.05, 0) is 56.8 Å². The molecule has 0 radical (unpaired) electrons. The Morgan fingerprint density at radius 1 is 1.17 bits per heavy atom.